The molecule has 0 aliphatic carbocycles. The molecule has 2 amide bonds. The standard InChI is InChI=1S/C14H17ClN4O3/c15-13-11(16-3-4-17-13)5-18-14(21)9-1-2-10-7-22-8-12(20)19(10)6-9/h3-4,9-10H,1-2,5-8H2,(H,18,21)/t9-,10-/m0/s1. The van der Waals surface area contributed by atoms with E-state index in [9.17, 15) is 9.59 Å². The summed E-state index contributed by atoms with van der Waals surface area (Å²) in [4.78, 5) is 33.9. The zero-order valence-electron chi connectivity index (χ0n) is 12.0. The van der Waals surface area contributed by atoms with Crippen LogP contribution in [0.15, 0.2) is 12.4 Å². The van der Waals surface area contributed by atoms with Crippen molar-refractivity contribution in [1.29, 1.82) is 0 Å². The van der Waals surface area contributed by atoms with Gasteiger partial charge in [-0.2, -0.15) is 0 Å². The number of nitrogens with zero attached hydrogens (tertiary/aromatic N) is 3. The van der Waals surface area contributed by atoms with Gasteiger partial charge < -0.3 is 15.0 Å². The molecule has 2 atom stereocenters. The first kappa shape index (κ1) is 15.2. The van der Waals surface area contributed by atoms with E-state index in [0.29, 0.717) is 18.8 Å². The number of rotatable bonds is 3. The molecule has 8 heteroatoms. The smallest absolute Gasteiger partial charge is 0.248 e. The van der Waals surface area contributed by atoms with Crippen LogP contribution in [0.2, 0.25) is 5.15 Å². The van der Waals surface area contributed by atoms with Crippen LogP contribution in [-0.4, -0.2) is 52.5 Å². The third kappa shape index (κ3) is 3.20. The molecule has 2 fully saturated rings. The van der Waals surface area contributed by atoms with Crippen molar-refractivity contribution in [2.24, 2.45) is 5.92 Å². The molecule has 0 saturated carbocycles. The average molecular weight is 325 g/mol. The number of halogens is 1. The minimum Gasteiger partial charge on any atom is -0.369 e. The van der Waals surface area contributed by atoms with Crippen molar-refractivity contribution < 1.29 is 14.3 Å². The lowest BCUT2D eigenvalue weighted by molar-refractivity contribution is -0.153. The van der Waals surface area contributed by atoms with Crippen molar-refractivity contribution >= 4 is 23.4 Å². The summed E-state index contributed by atoms with van der Waals surface area (Å²) in [6, 6.07) is 0.111. The summed E-state index contributed by atoms with van der Waals surface area (Å²) in [5, 5.41) is 3.11. The molecule has 1 N–H and O–H groups in total. The Kier molecular flexibility index (Phi) is 4.54. The lowest BCUT2D eigenvalue weighted by Gasteiger charge is -2.41. The molecule has 0 bridgehead atoms. The summed E-state index contributed by atoms with van der Waals surface area (Å²) in [7, 11) is 0. The van der Waals surface area contributed by atoms with E-state index < -0.39 is 0 Å². The van der Waals surface area contributed by atoms with Gasteiger partial charge in [-0.25, -0.2) is 4.98 Å². The number of amides is 2. The number of piperidine rings is 1. The normalized spacial score (nSPS) is 24.8. The fraction of sp³-hybridized carbons (Fsp3) is 0.571. The first-order valence-electron chi connectivity index (χ1n) is 7.25. The third-order valence-electron chi connectivity index (χ3n) is 4.09. The maximum atomic E-state index is 12.3. The number of hydrogen-bond acceptors (Lipinski definition) is 5. The Morgan fingerprint density at radius 1 is 1.41 bits per heavy atom. The van der Waals surface area contributed by atoms with Gasteiger partial charge >= 0.3 is 0 Å². The first-order valence-corrected chi connectivity index (χ1v) is 7.63. The second kappa shape index (κ2) is 6.58. The van der Waals surface area contributed by atoms with Crippen molar-refractivity contribution in [3.8, 4) is 0 Å². The summed E-state index contributed by atoms with van der Waals surface area (Å²) in [6.45, 7) is 1.37. The molecule has 1 aromatic heterocycles. The molecule has 3 heterocycles. The highest BCUT2D eigenvalue weighted by atomic mass is 35.5. The van der Waals surface area contributed by atoms with Crippen molar-refractivity contribution in [2.75, 3.05) is 19.8 Å². The molecule has 7 nitrogen and oxygen atoms in total. The van der Waals surface area contributed by atoms with Gasteiger partial charge in [0, 0.05) is 18.9 Å². The van der Waals surface area contributed by atoms with Gasteiger partial charge in [0.25, 0.3) is 0 Å². The van der Waals surface area contributed by atoms with Crippen molar-refractivity contribution in [1.82, 2.24) is 20.2 Å². The molecule has 2 saturated heterocycles. The summed E-state index contributed by atoms with van der Waals surface area (Å²) < 4.78 is 5.24. The number of carbonyl (C=O) groups is 2. The predicted octanol–water partition coefficient (Wildman–Crippen LogP) is 0.384. The molecule has 22 heavy (non-hydrogen) atoms. The molecule has 3 rings (SSSR count). The molecular formula is C14H17ClN4O3. The number of fused-ring (bicyclic) bond motifs is 1. The largest absolute Gasteiger partial charge is 0.369 e. The van der Waals surface area contributed by atoms with Crippen LogP contribution in [0.25, 0.3) is 0 Å². The van der Waals surface area contributed by atoms with E-state index in [1.54, 1.807) is 4.90 Å². The van der Waals surface area contributed by atoms with Gasteiger partial charge in [0.2, 0.25) is 11.8 Å². The van der Waals surface area contributed by atoms with E-state index in [1.165, 1.54) is 12.4 Å². The van der Waals surface area contributed by atoms with E-state index in [-0.39, 0.29) is 42.1 Å². The van der Waals surface area contributed by atoms with Crippen molar-refractivity contribution in [2.45, 2.75) is 25.4 Å². The lowest BCUT2D eigenvalue weighted by Crippen LogP contribution is -2.55. The Morgan fingerprint density at radius 2 is 2.23 bits per heavy atom. The fourth-order valence-corrected chi connectivity index (χ4v) is 3.04. The summed E-state index contributed by atoms with van der Waals surface area (Å²) in [5.74, 6) is -0.320. The van der Waals surface area contributed by atoms with Crippen molar-refractivity contribution in [3.63, 3.8) is 0 Å². The van der Waals surface area contributed by atoms with Crippen LogP contribution < -0.4 is 5.32 Å². The van der Waals surface area contributed by atoms with Gasteiger partial charge in [0.05, 0.1) is 30.8 Å². The Labute approximate surface area is 133 Å². The third-order valence-corrected chi connectivity index (χ3v) is 4.40. The number of morpholine rings is 1. The second-order valence-corrected chi connectivity index (χ2v) is 5.86. The van der Waals surface area contributed by atoms with Gasteiger partial charge in [-0.1, -0.05) is 11.6 Å². The SMILES string of the molecule is O=C(NCc1nccnc1Cl)[C@H]1CC[C@H]2COCC(=O)N2C1. The molecule has 0 radical (unpaired) electrons. The molecule has 0 aromatic carbocycles. The molecule has 2 aliphatic heterocycles. The fourth-order valence-electron chi connectivity index (χ4n) is 2.87. The van der Waals surface area contributed by atoms with Crippen LogP contribution in [0.1, 0.15) is 18.5 Å². The monoisotopic (exact) mass is 324 g/mol. The Morgan fingerprint density at radius 3 is 3.05 bits per heavy atom. The summed E-state index contributed by atoms with van der Waals surface area (Å²) in [6.07, 6.45) is 4.57. The van der Waals surface area contributed by atoms with Crippen LogP contribution in [0.3, 0.4) is 0 Å². The quantitative estimate of drug-likeness (QED) is 0.869. The van der Waals surface area contributed by atoms with Crippen LogP contribution in [0.4, 0.5) is 0 Å². The van der Waals surface area contributed by atoms with Crippen LogP contribution in [0, 0.1) is 5.92 Å². The highest BCUT2D eigenvalue weighted by Gasteiger charge is 2.37. The number of aromatic nitrogens is 2. The zero-order chi connectivity index (χ0) is 15.5. The molecule has 2 aliphatic rings. The predicted molar refractivity (Wildman–Crippen MR) is 77.9 cm³/mol. The summed E-state index contributed by atoms with van der Waals surface area (Å²) >= 11 is 5.91. The van der Waals surface area contributed by atoms with Gasteiger partial charge in [-0.15, -0.1) is 0 Å². The van der Waals surface area contributed by atoms with Crippen LogP contribution in [0.5, 0.6) is 0 Å². The minimum atomic E-state index is -0.200. The molecule has 0 spiro atoms. The van der Waals surface area contributed by atoms with E-state index in [1.807, 2.05) is 0 Å². The van der Waals surface area contributed by atoms with Gasteiger partial charge in [0.1, 0.15) is 6.61 Å². The molecule has 118 valence electrons. The Balaban J connectivity index is 1.57. The van der Waals surface area contributed by atoms with E-state index >= 15 is 0 Å². The highest BCUT2D eigenvalue weighted by Crippen LogP contribution is 2.25. The Hall–Kier alpha value is -1.73. The number of ether oxygens (including phenoxy) is 1. The molecule has 0 unspecified atom stereocenters. The molecular weight excluding hydrogens is 308 g/mol. The van der Waals surface area contributed by atoms with Crippen LogP contribution in [-0.2, 0) is 20.9 Å². The Bertz CT molecular complexity index is 583. The lowest BCUT2D eigenvalue weighted by atomic mass is 9.91. The number of nitrogens with one attached hydrogen (secondary N) is 1. The maximum absolute atomic E-state index is 12.3. The second-order valence-electron chi connectivity index (χ2n) is 5.50. The van der Waals surface area contributed by atoms with Gasteiger partial charge in [-0.3, -0.25) is 14.6 Å². The van der Waals surface area contributed by atoms with Gasteiger partial charge in [-0.05, 0) is 12.8 Å². The van der Waals surface area contributed by atoms with E-state index in [0.717, 1.165) is 12.8 Å². The zero-order valence-corrected chi connectivity index (χ0v) is 12.8. The maximum Gasteiger partial charge on any atom is 0.248 e. The number of hydrogen-bond donors (Lipinski definition) is 1. The first-order chi connectivity index (χ1) is 10.6. The molecule has 1 aromatic rings. The van der Waals surface area contributed by atoms with Crippen LogP contribution >= 0.6 is 11.6 Å². The van der Waals surface area contributed by atoms with E-state index in [2.05, 4.69) is 15.3 Å². The minimum absolute atomic E-state index is 0.0364. The average Bonchev–Trinajstić information content (AvgIpc) is 2.54. The van der Waals surface area contributed by atoms with Gasteiger partial charge in [0.15, 0.2) is 5.15 Å². The summed E-state index contributed by atoms with van der Waals surface area (Å²) in [5.41, 5.74) is 0.536. The topological polar surface area (TPSA) is 84.4 Å². The highest BCUT2D eigenvalue weighted by molar-refractivity contribution is 6.29. The number of carbonyl (C=O) groups excluding carboxylic acids is 2. The van der Waals surface area contributed by atoms with E-state index in [4.69, 9.17) is 16.3 Å². The van der Waals surface area contributed by atoms with Crippen molar-refractivity contribution in [3.05, 3.63) is 23.2 Å².